The third-order valence-corrected chi connectivity index (χ3v) is 4.83. The third kappa shape index (κ3) is 4.40. The molecule has 1 aromatic rings. The maximum Gasteiger partial charge on any atom is 0.338 e. The van der Waals surface area contributed by atoms with Gasteiger partial charge in [0.05, 0.1) is 21.7 Å². The van der Waals surface area contributed by atoms with E-state index in [4.69, 9.17) is 27.9 Å². The maximum atomic E-state index is 12.3. The molecular weight excluding hydrogens is 351 g/mol. The molecule has 1 aromatic carbocycles. The van der Waals surface area contributed by atoms with E-state index in [1.54, 1.807) is 0 Å². The van der Waals surface area contributed by atoms with Crippen LogP contribution < -0.4 is 5.32 Å². The van der Waals surface area contributed by atoms with Crippen LogP contribution in [0.15, 0.2) is 18.2 Å². The van der Waals surface area contributed by atoms with Gasteiger partial charge in [0.1, 0.15) is 5.54 Å². The van der Waals surface area contributed by atoms with Gasteiger partial charge in [-0.3, -0.25) is 4.79 Å². The smallest absolute Gasteiger partial charge is 0.338 e. The molecule has 1 saturated carbocycles. The van der Waals surface area contributed by atoms with Crippen molar-refractivity contribution in [2.45, 2.75) is 50.7 Å². The van der Waals surface area contributed by atoms with Crippen LogP contribution in [0.2, 0.25) is 10.0 Å². The molecule has 1 aliphatic carbocycles. The second-order valence-corrected chi connectivity index (χ2v) is 6.73. The number of carbonyl (C=O) groups excluding carboxylic acids is 2. The molecule has 1 atom stereocenters. The number of hydrogen-bond donors (Lipinski definition) is 1. The fraction of sp³-hybridized carbons (Fsp3) is 0.471. The molecule has 0 aromatic heterocycles. The lowest BCUT2D eigenvalue weighted by molar-refractivity contribution is -0.130. The predicted molar refractivity (Wildman–Crippen MR) is 90.9 cm³/mol. The van der Waals surface area contributed by atoms with Crippen molar-refractivity contribution in [3.8, 4) is 6.07 Å². The van der Waals surface area contributed by atoms with Gasteiger partial charge in [-0.1, -0.05) is 42.5 Å². The van der Waals surface area contributed by atoms with Crippen LogP contribution >= 0.6 is 23.2 Å². The molecule has 1 fully saturated rings. The summed E-state index contributed by atoms with van der Waals surface area (Å²) in [6.45, 7) is 1.47. The normalized spacial score (nSPS) is 17.4. The zero-order valence-corrected chi connectivity index (χ0v) is 14.8. The van der Waals surface area contributed by atoms with E-state index in [0.717, 1.165) is 19.3 Å². The summed E-state index contributed by atoms with van der Waals surface area (Å²) in [5.41, 5.74) is -0.656. The molecule has 0 bridgehead atoms. The molecule has 128 valence electrons. The molecule has 1 amide bonds. The Bertz CT molecular complexity index is 679. The molecule has 0 radical (unpaired) electrons. The molecule has 0 spiro atoms. The molecular formula is C17H18Cl2N2O3. The van der Waals surface area contributed by atoms with Gasteiger partial charge in [0.2, 0.25) is 0 Å². The third-order valence-electron chi connectivity index (χ3n) is 4.09. The van der Waals surface area contributed by atoms with Gasteiger partial charge >= 0.3 is 5.97 Å². The number of benzene rings is 1. The summed E-state index contributed by atoms with van der Waals surface area (Å²) in [6.07, 6.45) is 3.06. The average molecular weight is 369 g/mol. The number of ether oxygens (including phenoxy) is 1. The Kier molecular flexibility index (Phi) is 6.09. The van der Waals surface area contributed by atoms with Gasteiger partial charge in [0.15, 0.2) is 6.10 Å². The molecule has 0 saturated heterocycles. The first kappa shape index (κ1) is 18.6. The molecule has 0 aliphatic heterocycles. The van der Waals surface area contributed by atoms with E-state index in [1.807, 2.05) is 0 Å². The molecule has 7 heteroatoms. The Morgan fingerprint density at radius 3 is 2.50 bits per heavy atom. The summed E-state index contributed by atoms with van der Waals surface area (Å²) < 4.78 is 5.16. The summed E-state index contributed by atoms with van der Waals surface area (Å²) in [7, 11) is 0. The number of nitrogens with zero attached hydrogens (tertiary/aromatic N) is 1. The number of rotatable bonds is 4. The monoisotopic (exact) mass is 368 g/mol. The summed E-state index contributed by atoms with van der Waals surface area (Å²) in [5.74, 6) is -1.15. The van der Waals surface area contributed by atoms with Gasteiger partial charge in [-0.05, 0) is 38.0 Å². The number of hydrogen-bond acceptors (Lipinski definition) is 4. The molecule has 1 N–H and O–H groups in total. The summed E-state index contributed by atoms with van der Waals surface area (Å²) >= 11 is 11.7. The van der Waals surface area contributed by atoms with Crippen LogP contribution in [0.25, 0.3) is 0 Å². The van der Waals surface area contributed by atoms with Crippen LogP contribution in [0, 0.1) is 11.3 Å². The first-order valence-electron chi connectivity index (χ1n) is 7.76. The first-order chi connectivity index (χ1) is 11.4. The van der Waals surface area contributed by atoms with Crippen LogP contribution in [0.5, 0.6) is 0 Å². The van der Waals surface area contributed by atoms with Gasteiger partial charge < -0.3 is 10.1 Å². The maximum absolute atomic E-state index is 12.3. The second-order valence-electron chi connectivity index (χ2n) is 5.92. The Balaban J connectivity index is 1.99. The number of nitriles is 1. The van der Waals surface area contributed by atoms with Gasteiger partial charge in [0, 0.05) is 0 Å². The van der Waals surface area contributed by atoms with Crippen LogP contribution in [0.1, 0.15) is 49.4 Å². The largest absolute Gasteiger partial charge is 0.449 e. The van der Waals surface area contributed by atoms with E-state index < -0.39 is 23.5 Å². The first-order valence-corrected chi connectivity index (χ1v) is 8.52. The Hall–Kier alpha value is -1.77. The van der Waals surface area contributed by atoms with Crippen molar-refractivity contribution in [2.75, 3.05) is 0 Å². The lowest BCUT2D eigenvalue weighted by Gasteiger charge is -2.32. The van der Waals surface area contributed by atoms with Gasteiger partial charge in [0.25, 0.3) is 5.91 Å². The van der Waals surface area contributed by atoms with E-state index in [-0.39, 0.29) is 10.6 Å². The summed E-state index contributed by atoms with van der Waals surface area (Å²) in [5, 5.41) is 12.7. The lowest BCUT2D eigenvalue weighted by Crippen LogP contribution is -2.52. The zero-order chi connectivity index (χ0) is 17.7. The van der Waals surface area contributed by atoms with E-state index in [9.17, 15) is 14.9 Å². The van der Waals surface area contributed by atoms with E-state index in [2.05, 4.69) is 11.4 Å². The number of carbonyl (C=O) groups is 2. The SMILES string of the molecule is C[C@H](OC(=O)c1ccc(Cl)c(Cl)c1)C(=O)NC1(C#N)CCCCC1. The van der Waals surface area contributed by atoms with Crippen molar-refractivity contribution in [3.63, 3.8) is 0 Å². The molecule has 0 unspecified atom stereocenters. The minimum absolute atomic E-state index is 0.205. The summed E-state index contributed by atoms with van der Waals surface area (Å²) in [6, 6.07) is 6.54. The van der Waals surface area contributed by atoms with Crippen LogP contribution in [-0.4, -0.2) is 23.5 Å². The highest BCUT2D eigenvalue weighted by molar-refractivity contribution is 6.42. The molecule has 2 rings (SSSR count). The van der Waals surface area contributed by atoms with Crippen LogP contribution in [0.4, 0.5) is 0 Å². The minimum atomic E-state index is -1.01. The fourth-order valence-corrected chi connectivity index (χ4v) is 2.96. The van der Waals surface area contributed by atoms with Crippen molar-refractivity contribution >= 4 is 35.1 Å². The Morgan fingerprint density at radius 2 is 1.92 bits per heavy atom. The number of halogens is 2. The van der Waals surface area contributed by atoms with Gasteiger partial charge in [-0.25, -0.2) is 4.79 Å². The van der Waals surface area contributed by atoms with E-state index in [1.165, 1.54) is 25.1 Å². The highest BCUT2D eigenvalue weighted by Crippen LogP contribution is 2.28. The number of nitrogens with one attached hydrogen (secondary N) is 1. The second kappa shape index (κ2) is 7.87. The lowest BCUT2D eigenvalue weighted by atomic mass is 9.83. The van der Waals surface area contributed by atoms with E-state index >= 15 is 0 Å². The average Bonchev–Trinajstić information content (AvgIpc) is 2.58. The number of amides is 1. The topological polar surface area (TPSA) is 79.2 Å². The molecule has 1 aliphatic rings. The fourth-order valence-electron chi connectivity index (χ4n) is 2.66. The molecule has 5 nitrogen and oxygen atoms in total. The minimum Gasteiger partial charge on any atom is -0.449 e. The predicted octanol–water partition coefficient (Wildman–Crippen LogP) is 3.88. The quantitative estimate of drug-likeness (QED) is 0.817. The standard InChI is InChI=1S/C17H18Cl2N2O3/c1-11(15(22)21-17(10-20)7-3-2-4-8-17)24-16(23)12-5-6-13(18)14(19)9-12/h5-6,9,11H,2-4,7-8H2,1H3,(H,21,22)/t11-/m0/s1. The van der Waals surface area contributed by atoms with Crippen molar-refractivity contribution in [3.05, 3.63) is 33.8 Å². The van der Waals surface area contributed by atoms with Gasteiger partial charge in [-0.2, -0.15) is 5.26 Å². The Morgan fingerprint density at radius 1 is 1.25 bits per heavy atom. The van der Waals surface area contributed by atoms with Crippen LogP contribution in [0.3, 0.4) is 0 Å². The molecule has 24 heavy (non-hydrogen) atoms. The van der Waals surface area contributed by atoms with Crippen molar-refractivity contribution in [2.24, 2.45) is 0 Å². The zero-order valence-electron chi connectivity index (χ0n) is 13.3. The highest BCUT2D eigenvalue weighted by atomic mass is 35.5. The molecule has 0 heterocycles. The van der Waals surface area contributed by atoms with Crippen molar-refractivity contribution in [1.82, 2.24) is 5.32 Å². The van der Waals surface area contributed by atoms with Crippen molar-refractivity contribution < 1.29 is 14.3 Å². The van der Waals surface area contributed by atoms with Crippen LogP contribution in [-0.2, 0) is 9.53 Å². The summed E-state index contributed by atoms with van der Waals surface area (Å²) in [4.78, 5) is 24.4. The Labute approximate surface area is 150 Å². The number of esters is 1. The van der Waals surface area contributed by atoms with Gasteiger partial charge in [-0.15, -0.1) is 0 Å². The van der Waals surface area contributed by atoms with E-state index in [0.29, 0.717) is 17.9 Å². The highest BCUT2D eigenvalue weighted by Gasteiger charge is 2.35. The van der Waals surface area contributed by atoms with Crippen molar-refractivity contribution in [1.29, 1.82) is 5.26 Å².